The molecule has 0 amide bonds. The molecule has 0 radical (unpaired) electrons. The van der Waals surface area contributed by atoms with Crippen LogP contribution in [-0.4, -0.2) is 30.7 Å². The molecule has 25 heavy (non-hydrogen) atoms. The van der Waals surface area contributed by atoms with Gasteiger partial charge in [-0.05, 0) is 56.1 Å². The number of hydrogen-bond acceptors (Lipinski definition) is 3. The fourth-order valence-corrected chi connectivity index (χ4v) is 3.39. The van der Waals surface area contributed by atoms with E-state index in [1.54, 1.807) is 7.11 Å². The summed E-state index contributed by atoms with van der Waals surface area (Å²) >= 11 is 0. The second-order valence-electron chi connectivity index (χ2n) is 6.56. The van der Waals surface area contributed by atoms with Crippen LogP contribution in [-0.2, 0) is 6.54 Å². The maximum absolute atomic E-state index is 6.36. The molecule has 3 aromatic rings. The summed E-state index contributed by atoms with van der Waals surface area (Å²) < 4.78 is 14.0. The van der Waals surface area contributed by atoms with Gasteiger partial charge in [0.25, 0.3) is 0 Å². The summed E-state index contributed by atoms with van der Waals surface area (Å²) in [6, 6.07) is 20.7. The number of hydrogen-bond donors (Lipinski definition) is 0. The first-order valence-corrected chi connectivity index (χ1v) is 8.42. The predicted octanol–water partition coefficient (Wildman–Crippen LogP) is 4.03. The molecule has 0 bridgehead atoms. The number of nitrogens with zero attached hydrogens (tertiary/aromatic N) is 2. The average Bonchev–Trinajstić information content (AvgIpc) is 3.04. The molecule has 1 atom stereocenters. The van der Waals surface area contributed by atoms with Gasteiger partial charge >= 0.3 is 0 Å². The van der Waals surface area contributed by atoms with Crippen molar-refractivity contribution >= 4 is 0 Å². The van der Waals surface area contributed by atoms with E-state index in [4.69, 9.17) is 9.47 Å². The van der Waals surface area contributed by atoms with Gasteiger partial charge in [-0.15, -0.1) is 0 Å². The van der Waals surface area contributed by atoms with E-state index in [0.717, 1.165) is 35.0 Å². The normalized spacial score (nSPS) is 15.4. The molecular formula is C21H22N2O2. The van der Waals surface area contributed by atoms with E-state index in [2.05, 4.69) is 60.0 Å². The van der Waals surface area contributed by atoms with E-state index in [0.29, 0.717) is 0 Å². The van der Waals surface area contributed by atoms with Crippen molar-refractivity contribution in [1.29, 1.82) is 0 Å². The molecular weight excluding hydrogens is 312 g/mol. The van der Waals surface area contributed by atoms with Crippen molar-refractivity contribution in [2.45, 2.75) is 12.6 Å². The number of rotatable bonds is 4. The van der Waals surface area contributed by atoms with Crippen LogP contribution in [0.25, 0.3) is 5.69 Å². The Morgan fingerprint density at radius 3 is 2.48 bits per heavy atom. The fourth-order valence-electron chi connectivity index (χ4n) is 3.39. The second kappa shape index (κ2) is 6.30. The Morgan fingerprint density at radius 2 is 1.76 bits per heavy atom. The van der Waals surface area contributed by atoms with Gasteiger partial charge in [-0.25, -0.2) is 0 Å². The van der Waals surface area contributed by atoms with Gasteiger partial charge in [-0.2, -0.15) is 0 Å². The molecule has 1 aromatic heterocycles. The highest BCUT2D eigenvalue weighted by atomic mass is 16.5. The second-order valence-corrected chi connectivity index (χ2v) is 6.56. The number of ether oxygens (including phenoxy) is 2. The summed E-state index contributed by atoms with van der Waals surface area (Å²) in [7, 11) is 5.86. The van der Waals surface area contributed by atoms with Crippen molar-refractivity contribution in [2.75, 3.05) is 21.2 Å². The van der Waals surface area contributed by atoms with Crippen LogP contribution in [0.15, 0.2) is 60.7 Å². The molecule has 1 aliphatic heterocycles. The van der Waals surface area contributed by atoms with Crippen LogP contribution >= 0.6 is 0 Å². The van der Waals surface area contributed by atoms with Crippen LogP contribution in [0, 0.1) is 0 Å². The molecule has 4 heteroatoms. The third-order valence-electron chi connectivity index (χ3n) is 4.51. The summed E-state index contributed by atoms with van der Waals surface area (Å²) in [4.78, 5) is 2.18. The van der Waals surface area contributed by atoms with Crippen molar-refractivity contribution in [2.24, 2.45) is 0 Å². The Balaban J connectivity index is 1.83. The molecule has 0 fully saturated rings. The molecule has 0 aliphatic carbocycles. The quantitative estimate of drug-likeness (QED) is 0.721. The maximum atomic E-state index is 6.36. The van der Waals surface area contributed by atoms with Crippen molar-refractivity contribution in [3.05, 3.63) is 77.6 Å². The summed E-state index contributed by atoms with van der Waals surface area (Å²) in [5.74, 6) is 1.76. The molecule has 2 heterocycles. The topological polar surface area (TPSA) is 26.6 Å². The first-order valence-electron chi connectivity index (χ1n) is 8.42. The van der Waals surface area contributed by atoms with E-state index < -0.39 is 0 Å². The van der Waals surface area contributed by atoms with Crippen molar-refractivity contribution in [3.8, 4) is 17.2 Å². The zero-order valence-electron chi connectivity index (χ0n) is 14.8. The van der Waals surface area contributed by atoms with Crippen LogP contribution in [0.1, 0.15) is 23.1 Å². The van der Waals surface area contributed by atoms with E-state index in [1.807, 2.05) is 24.3 Å². The Morgan fingerprint density at radius 1 is 1.00 bits per heavy atom. The van der Waals surface area contributed by atoms with Gasteiger partial charge in [0.2, 0.25) is 0 Å². The van der Waals surface area contributed by atoms with E-state index >= 15 is 0 Å². The molecule has 0 unspecified atom stereocenters. The minimum atomic E-state index is -0.128. The lowest BCUT2D eigenvalue weighted by Crippen LogP contribution is -2.22. The number of benzene rings is 2. The molecule has 1 aliphatic rings. The molecule has 0 N–H and O–H groups in total. The lowest BCUT2D eigenvalue weighted by molar-refractivity contribution is 0.226. The number of para-hydroxylation sites is 2. The smallest absolute Gasteiger partial charge is 0.164 e. The number of fused-ring (bicyclic) bond motifs is 3. The first kappa shape index (κ1) is 15.8. The fraction of sp³-hybridized carbons (Fsp3) is 0.238. The Hall–Kier alpha value is -2.72. The van der Waals surface area contributed by atoms with Gasteiger partial charge in [-0.1, -0.05) is 24.3 Å². The van der Waals surface area contributed by atoms with Gasteiger partial charge in [0.15, 0.2) is 6.10 Å². The van der Waals surface area contributed by atoms with Crippen LogP contribution in [0.2, 0.25) is 0 Å². The van der Waals surface area contributed by atoms with Crippen molar-refractivity contribution < 1.29 is 9.47 Å². The van der Waals surface area contributed by atoms with Gasteiger partial charge in [-0.3, -0.25) is 0 Å². The van der Waals surface area contributed by atoms with Crippen LogP contribution in [0.3, 0.4) is 0 Å². The van der Waals surface area contributed by atoms with E-state index in [-0.39, 0.29) is 6.10 Å². The SMILES string of the molecule is COc1ccc([C@H]2Oc3ccccc3-n3c(CN(C)C)ccc32)cc1. The van der Waals surface area contributed by atoms with Crippen LogP contribution in [0.4, 0.5) is 0 Å². The third-order valence-corrected chi connectivity index (χ3v) is 4.51. The summed E-state index contributed by atoms with van der Waals surface area (Å²) in [5.41, 5.74) is 4.63. The molecule has 0 saturated carbocycles. The Kier molecular flexibility index (Phi) is 3.98. The molecule has 0 spiro atoms. The molecule has 4 rings (SSSR count). The Bertz CT molecular complexity index is 881. The lowest BCUT2D eigenvalue weighted by Gasteiger charge is -2.30. The zero-order chi connectivity index (χ0) is 17.4. The monoisotopic (exact) mass is 334 g/mol. The first-order chi connectivity index (χ1) is 12.2. The third kappa shape index (κ3) is 2.79. The van der Waals surface area contributed by atoms with E-state index in [9.17, 15) is 0 Å². The largest absolute Gasteiger partial charge is 0.497 e. The highest BCUT2D eigenvalue weighted by molar-refractivity contribution is 5.54. The summed E-state index contributed by atoms with van der Waals surface area (Å²) in [5, 5.41) is 0. The minimum Gasteiger partial charge on any atom is -0.497 e. The number of aromatic nitrogens is 1. The summed E-state index contributed by atoms with van der Waals surface area (Å²) in [6.07, 6.45) is -0.128. The Labute approximate surface area is 148 Å². The standard InChI is InChI=1S/C21H22N2O2/c1-22(2)14-16-10-13-19-21(15-8-11-17(24-3)12-9-15)25-20-7-5-4-6-18(20)23(16)19/h4-13,21H,14H2,1-3H3/t21-/m1/s1. The van der Waals surface area contributed by atoms with E-state index in [1.165, 1.54) is 5.69 Å². The molecule has 0 saturated heterocycles. The maximum Gasteiger partial charge on any atom is 0.164 e. The van der Waals surface area contributed by atoms with Crippen molar-refractivity contribution in [1.82, 2.24) is 9.47 Å². The highest BCUT2D eigenvalue weighted by Gasteiger charge is 2.29. The van der Waals surface area contributed by atoms with Gasteiger partial charge in [0, 0.05) is 12.2 Å². The molecule has 128 valence electrons. The van der Waals surface area contributed by atoms with Gasteiger partial charge in [0.05, 0.1) is 18.5 Å². The van der Waals surface area contributed by atoms with Crippen molar-refractivity contribution in [3.63, 3.8) is 0 Å². The van der Waals surface area contributed by atoms with Crippen LogP contribution < -0.4 is 9.47 Å². The zero-order valence-corrected chi connectivity index (χ0v) is 14.8. The summed E-state index contributed by atoms with van der Waals surface area (Å²) in [6.45, 7) is 0.879. The minimum absolute atomic E-state index is 0.128. The predicted molar refractivity (Wildman–Crippen MR) is 98.6 cm³/mol. The highest BCUT2D eigenvalue weighted by Crippen LogP contribution is 2.40. The van der Waals surface area contributed by atoms with Crippen LogP contribution in [0.5, 0.6) is 11.5 Å². The number of methoxy groups -OCH3 is 1. The average molecular weight is 334 g/mol. The lowest BCUT2D eigenvalue weighted by atomic mass is 10.0. The van der Waals surface area contributed by atoms with Gasteiger partial charge < -0.3 is 18.9 Å². The van der Waals surface area contributed by atoms with Gasteiger partial charge in [0.1, 0.15) is 11.5 Å². The molecule has 2 aromatic carbocycles. The molecule has 4 nitrogen and oxygen atoms in total.